The summed E-state index contributed by atoms with van der Waals surface area (Å²) in [5.74, 6) is 0.901. The van der Waals surface area contributed by atoms with Crippen LogP contribution in [0.5, 0.6) is 5.75 Å². The Morgan fingerprint density at radius 2 is 1.65 bits per heavy atom. The third-order valence-electron chi connectivity index (χ3n) is 4.53. The zero-order valence-corrected chi connectivity index (χ0v) is 16.0. The van der Waals surface area contributed by atoms with Crippen LogP contribution in [-0.2, 0) is 11.3 Å². The molecule has 0 aliphatic carbocycles. The Kier molecular flexibility index (Phi) is 8.16. The largest absolute Gasteiger partial charge is 0.489 e. The highest BCUT2D eigenvalue weighted by atomic mass is 16.5. The summed E-state index contributed by atoms with van der Waals surface area (Å²) in [5.41, 5.74) is 1.74. The van der Waals surface area contributed by atoms with Crippen LogP contribution in [0.25, 0.3) is 0 Å². The first-order chi connectivity index (χ1) is 12.7. The lowest BCUT2D eigenvalue weighted by atomic mass is 10.1. The Bertz CT molecular complexity index is 651. The summed E-state index contributed by atoms with van der Waals surface area (Å²) in [6, 6.07) is 17.6. The van der Waals surface area contributed by atoms with Crippen molar-refractivity contribution in [1.29, 1.82) is 0 Å². The van der Waals surface area contributed by atoms with Gasteiger partial charge in [0.1, 0.15) is 12.4 Å². The van der Waals surface area contributed by atoms with Gasteiger partial charge in [0.2, 0.25) is 0 Å². The molecule has 0 aliphatic heterocycles. The number of ether oxygens (including phenoxy) is 2. The Morgan fingerprint density at radius 1 is 1.00 bits per heavy atom. The first-order valence-corrected chi connectivity index (χ1v) is 9.26. The van der Waals surface area contributed by atoms with Gasteiger partial charge in [-0.15, -0.1) is 0 Å². The van der Waals surface area contributed by atoms with Gasteiger partial charge in [-0.2, -0.15) is 0 Å². The molecular formula is C22H29NO3. The Morgan fingerprint density at radius 3 is 2.23 bits per heavy atom. The van der Waals surface area contributed by atoms with Crippen LogP contribution in [-0.4, -0.2) is 37.1 Å². The fraction of sp³-hybridized carbons (Fsp3) is 0.409. The van der Waals surface area contributed by atoms with Gasteiger partial charge in [-0.1, -0.05) is 44.2 Å². The molecule has 4 nitrogen and oxygen atoms in total. The summed E-state index contributed by atoms with van der Waals surface area (Å²) in [4.78, 5) is 14.9. The van der Waals surface area contributed by atoms with E-state index in [-0.39, 0.29) is 11.9 Å². The molecule has 0 atom stereocenters. The van der Waals surface area contributed by atoms with Gasteiger partial charge >= 0.3 is 0 Å². The molecule has 0 saturated carbocycles. The van der Waals surface area contributed by atoms with E-state index in [0.29, 0.717) is 25.3 Å². The van der Waals surface area contributed by atoms with E-state index in [1.165, 1.54) is 0 Å². The molecule has 4 heteroatoms. The molecular weight excluding hydrogens is 326 g/mol. The number of carbonyl (C=O) groups excluding carboxylic acids is 1. The molecule has 26 heavy (non-hydrogen) atoms. The molecule has 0 aromatic heterocycles. The minimum Gasteiger partial charge on any atom is -0.489 e. The molecule has 0 unspecified atom stereocenters. The molecule has 2 aromatic rings. The predicted molar refractivity (Wildman–Crippen MR) is 104 cm³/mol. The Labute approximate surface area is 156 Å². The maximum atomic E-state index is 12.9. The van der Waals surface area contributed by atoms with Crippen molar-refractivity contribution in [3.8, 4) is 5.75 Å². The summed E-state index contributed by atoms with van der Waals surface area (Å²) in [6.07, 6.45) is 1.88. The van der Waals surface area contributed by atoms with E-state index < -0.39 is 0 Å². The van der Waals surface area contributed by atoms with Crippen LogP contribution in [0.1, 0.15) is 42.6 Å². The topological polar surface area (TPSA) is 38.8 Å². The summed E-state index contributed by atoms with van der Waals surface area (Å²) in [6.45, 7) is 5.88. The van der Waals surface area contributed by atoms with Crippen LogP contribution in [0.2, 0.25) is 0 Å². The van der Waals surface area contributed by atoms with Gasteiger partial charge in [-0.25, -0.2) is 0 Å². The zero-order valence-electron chi connectivity index (χ0n) is 16.0. The van der Waals surface area contributed by atoms with E-state index in [4.69, 9.17) is 9.47 Å². The number of benzene rings is 2. The number of rotatable bonds is 10. The number of hydrogen-bond donors (Lipinski definition) is 0. The quantitative estimate of drug-likeness (QED) is 0.628. The predicted octanol–water partition coefficient (Wildman–Crippen LogP) is 4.54. The first kappa shape index (κ1) is 20.0. The zero-order chi connectivity index (χ0) is 18.8. The van der Waals surface area contributed by atoms with Crippen molar-refractivity contribution >= 4 is 5.91 Å². The molecule has 0 bridgehead atoms. The SMILES string of the molecule is CCC(CC)N(CCOC)C(=O)c1ccc(COc2ccccc2)cc1. The standard InChI is InChI=1S/C22H29NO3/c1-4-20(5-2)23(15-16-25-3)22(24)19-13-11-18(12-14-19)17-26-21-9-7-6-8-10-21/h6-14,20H,4-5,15-17H2,1-3H3. The second-order valence-corrected chi connectivity index (χ2v) is 6.26. The molecule has 0 aliphatic rings. The molecule has 0 N–H and O–H groups in total. The van der Waals surface area contributed by atoms with Crippen molar-refractivity contribution in [1.82, 2.24) is 4.90 Å². The lowest BCUT2D eigenvalue weighted by Crippen LogP contribution is -2.41. The third-order valence-corrected chi connectivity index (χ3v) is 4.53. The maximum Gasteiger partial charge on any atom is 0.254 e. The van der Waals surface area contributed by atoms with Crippen molar-refractivity contribution in [2.75, 3.05) is 20.3 Å². The van der Waals surface area contributed by atoms with Crippen molar-refractivity contribution in [3.63, 3.8) is 0 Å². The highest BCUT2D eigenvalue weighted by Gasteiger charge is 2.22. The fourth-order valence-electron chi connectivity index (χ4n) is 2.96. The molecule has 1 amide bonds. The number of para-hydroxylation sites is 1. The lowest BCUT2D eigenvalue weighted by Gasteiger charge is -2.30. The number of amides is 1. The van der Waals surface area contributed by atoms with Gasteiger partial charge in [0.25, 0.3) is 5.91 Å². The van der Waals surface area contributed by atoms with E-state index >= 15 is 0 Å². The number of methoxy groups -OCH3 is 1. The Balaban J connectivity index is 2.03. The summed E-state index contributed by atoms with van der Waals surface area (Å²) < 4.78 is 10.9. The first-order valence-electron chi connectivity index (χ1n) is 9.26. The minimum absolute atomic E-state index is 0.0614. The highest BCUT2D eigenvalue weighted by molar-refractivity contribution is 5.94. The van der Waals surface area contributed by atoms with Crippen LogP contribution < -0.4 is 4.74 Å². The normalized spacial score (nSPS) is 10.8. The molecule has 0 fully saturated rings. The van der Waals surface area contributed by atoms with E-state index in [9.17, 15) is 4.79 Å². The van der Waals surface area contributed by atoms with E-state index in [0.717, 1.165) is 24.2 Å². The van der Waals surface area contributed by atoms with Crippen molar-refractivity contribution in [2.24, 2.45) is 0 Å². The number of carbonyl (C=O) groups is 1. The van der Waals surface area contributed by atoms with Crippen LogP contribution in [0.3, 0.4) is 0 Å². The molecule has 0 radical (unpaired) electrons. The smallest absolute Gasteiger partial charge is 0.254 e. The molecule has 2 aromatic carbocycles. The summed E-state index contributed by atoms with van der Waals surface area (Å²) in [5, 5.41) is 0. The molecule has 0 saturated heterocycles. The molecule has 0 heterocycles. The van der Waals surface area contributed by atoms with Gasteiger partial charge in [0, 0.05) is 25.3 Å². The summed E-state index contributed by atoms with van der Waals surface area (Å²) >= 11 is 0. The van der Waals surface area contributed by atoms with Gasteiger partial charge in [-0.05, 0) is 42.7 Å². The van der Waals surface area contributed by atoms with Crippen LogP contribution >= 0.6 is 0 Å². The van der Waals surface area contributed by atoms with Gasteiger partial charge in [-0.3, -0.25) is 4.79 Å². The average Bonchev–Trinajstić information content (AvgIpc) is 2.70. The van der Waals surface area contributed by atoms with Gasteiger partial charge in [0.15, 0.2) is 0 Å². The Hall–Kier alpha value is -2.33. The number of hydrogen-bond acceptors (Lipinski definition) is 3. The van der Waals surface area contributed by atoms with Crippen molar-refractivity contribution in [3.05, 3.63) is 65.7 Å². The average molecular weight is 355 g/mol. The van der Waals surface area contributed by atoms with Crippen molar-refractivity contribution in [2.45, 2.75) is 39.3 Å². The molecule has 2 rings (SSSR count). The second-order valence-electron chi connectivity index (χ2n) is 6.26. The van der Waals surface area contributed by atoms with Crippen LogP contribution in [0, 0.1) is 0 Å². The fourth-order valence-corrected chi connectivity index (χ4v) is 2.96. The lowest BCUT2D eigenvalue weighted by molar-refractivity contribution is 0.0589. The number of nitrogens with zero attached hydrogens (tertiary/aromatic N) is 1. The minimum atomic E-state index is 0.0614. The second kappa shape index (κ2) is 10.6. The monoisotopic (exact) mass is 355 g/mol. The van der Waals surface area contributed by atoms with Crippen LogP contribution in [0.4, 0.5) is 0 Å². The van der Waals surface area contributed by atoms with Crippen LogP contribution in [0.15, 0.2) is 54.6 Å². The maximum absolute atomic E-state index is 12.9. The third kappa shape index (κ3) is 5.60. The van der Waals surface area contributed by atoms with E-state index in [1.54, 1.807) is 7.11 Å². The van der Waals surface area contributed by atoms with E-state index in [2.05, 4.69) is 13.8 Å². The van der Waals surface area contributed by atoms with Crippen molar-refractivity contribution < 1.29 is 14.3 Å². The van der Waals surface area contributed by atoms with Gasteiger partial charge in [0.05, 0.1) is 6.61 Å². The highest BCUT2D eigenvalue weighted by Crippen LogP contribution is 2.16. The summed E-state index contributed by atoms with van der Waals surface area (Å²) in [7, 11) is 1.66. The molecule has 0 spiro atoms. The van der Waals surface area contributed by atoms with E-state index in [1.807, 2.05) is 59.5 Å². The molecule has 140 valence electrons. The van der Waals surface area contributed by atoms with Gasteiger partial charge < -0.3 is 14.4 Å².